The van der Waals surface area contributed by atoms with Gasteiger partial charge in [-0.2, -0.15) is 0 Å². The van der Waals surface area contributed by atoms with Gasteiger partial charge in [-0.25, -0.2) is 8.78 Å². The van der Waals surface area contributed by atoms with Crippen LogP contribution in [0.3, 0.4) is 0 Å². The highest BCUT2D eigenvalue weighted by atomic mass is 19.1. The van der Waals surface area contributed by atoms with Crippen LogP contribution in [0.25, 0.3) is 44.2 Å². The molecule has 0 spiro atoms. The third-order valence-corrected chi connectivity index (χ3v) is 5.21. The van der Waals surface area contributed by atoms with E-state index in [1.54, 1.807) is 12.1 Å². The summed E-state index contributed by atoms with van der Waals surface area (Å²) in [4.78, 5) is 0. The summed E-state index contributed by atoms with van der Waals surface area (Å²) >= 11 is 0. The normalized spacial score (nSPS) is 12.1. The lowest BCUT2D eigenvalue weighted by Gasteiger charge is -2.03. The summed E-state index contributed by atoms with van der Waals surface area (Å²) in [6.07, 6.45) is 1.59. The quantitative estimate of drug-likeness (QED) is 0.246. The number of benzene rings is 5. The van der Waals surface area contributed by atoms with Crippen molar-refractivity contribution in [2.45, 2.75) is 0 Å². The molecule has 0 atom stereocenters. The van der Waals surface area contributed by atoms with Crippen molar-refractivity contribution in [3.05, 3.63) is 108 Å². The van der Waals surface area contributed by atoms with E-state index in [0.29, 0.717) is 5.39 Å². The molecule has 134 valence electrons. The Balaban J connectivity index is 0.000000123. The number of hydrogen-bond acceptors (Lipinski definition) is 0. The first-order valence-electron chi connectivity index (χ1n) is 9.18. The van der Waals surface area contributed by atoms with Gasteiger partial charge < -0.3 is 0 Å². The first-order valence-corrected chi connectivity index (χ1v) is 9.18. The molecule has 6 rings (SSSR count). The minimum Gasteiger partial charge on any atom is -0.206 e. The van der Waals surface area contributed by atoms with Crippen molar-refractivity contribution in [1.82, 2.24) is 0 Å². The smallest absolute Gasteiger partial charge is 0.131 e. The van der Waals surface area contributed by atoms with Crippen LogP contribution in [0.1, 0.15) is 11.1 Å². The predicted octanol–water partition coefficient (Wildman–Crippen LogP) is 7.75. The molecule has 0 saturated carbocycles. The third-order valence-electron chi connectivity index (χ3n) is 5.21. The zero-order chi connectivity index (χ0) is 19.1. The Morgan fingerprint density at radius 1 is 0.500 bits per heavy atom. The zero-order valence-corrected chi connectivity index (χ0v) is 15.0. The third kappa shape index (κ3) is 2.66. The fraction of sp³-hybridized carbons (Fsp3) is 0. The number of hydrogen-bond donors (Lipinski definition) is 0. The molecule has 0 radical (unpaired) electrons. The van der Waals surface area contributed by atoms with Crippen LogP contribution >= 0.6 is 0 Å². The van der Waals surface area contributed by atoms with E-state index in [1.165, 1.54) is 6.07 Å². The van der Waals surface area contributed by atoms with Crippen LogP contribution in [0, 0.1) is 5.82 Å². The van der Waals surface area contributed by atoms with Gasteiger partial charge in [0.05, 0.1) is 0 Å². The van der Waals surface area contributed by atoms with Gasteiger partial charge in [0.15, 0.2) is 0 Å². The van der Waals surface area contributed by atoms with Crippen LogP contribution in [-0.2, 0) is 0 Å². The first kappa shape index (κ1) is 16.6. The SMILES string of the molecule is FC1=Cc2cccc3cccc1c23.Fc1cccc2c1ccc1ccccc12. The lowest BCUT2D eigenvalue weighted by Crippen LogP contribution is -1.80. The summed E-state index contributed by atoms with van der Waals surface area (Å²) in [5.41, 5.74) is 1.72. The second-order valence-electron chi connectivity index (χ2n) is 6.86. The van der Waals surface area contributed by atoms with Crippen LogP contribution in [-0.4, -0.2) is 0 Å². The lowest BCUT2D eigenvalue weighted by atomic mass is 10.0. The molecule has 5 aromatic carbocycles. The van der Waals surface area contributed by atoms with Crippen molar-refractivity contribution in [1.29, 1.82) is 0 Å². The van der Waals surface area contributed by atoms with E-state index in [1.807, 2.05) is 78.9 Å². The van der Waals surface area contributed by atoms with Gasteiger partial charge in [-0.15, -0.1) is 0 Å². The van der Waals surface area contributed by atoms with E-state index in [4.69, 9.17) is 0 Å². The molecule has 0 unspecified atom stereocenters. The summed E-state index contributed by atoms with van der Waals surface area (Å²) in [7, 11) is 0. The fourth-order valence-corrected chi connectivity index (χ4v) is 3.91. The van der Waals surface area contributed by atoms with Gasteiger partial charge in [0.25, 0.3) is 0 Å². The summed E-state index contributed by atoms with van der Waals surface area (Å²) in [5, 5.41) is 6.08. The summed E-state index contributed by atoms with van der Waals surface area (Å²) in [5.74, 6) is -0.273. The Morgan fingerprint density at radius 3 is 2.11 bits per heavy atom. The van der Waals surface area contributed by atoms with Crippen LogP contribution in [0.4, 0.5) is 8.78 Å². The first-order chi connectivity index (χ1) is 13.7. The van der Waals surface area contributed by atoms with Crippen molar-refractivity contribution < 1.29 is 8.78 Å². The molecule has 0 bridgehead atoms. The largest absolute Gasteiger partial charge is 0.206 e. The molecule has 0 heterocycles. The van der Waals surface area contributed by atoms with Crippen molar-refractivity contribution >= 4 is 44.2 Å². The van der Waals surface area contributed by atoms with Crippen molar-refractivity contribution in [2.75, 3.05) is 0 Å². The molecule has 1 aliphatic carbocycles. The maximum atomic E-state index is 13.5. The number of halogens is 2. The van der Waals surface area contributed by atoms with Crippen molar-refractivity contribution in [3.8, 4) is 0 Å². The minimum atomic E-state index is -0.154. The average Bonchev–Trinajstić information content (AvgIpc) is 3.06. The topological polar surface area (TPSA) is 0 Å². The van der Waals surface area contributed by atoms with Gasteiger partial charge >= 0.3 is 0 Å². The van der Waals surface area contributed by atoms with E-state index in [-0.39, 0.29) is 11.6 Å². The van der Waals surface area contributed by atoms with Gasteiger partial charge in [-0.3, -0.25) is 0 Å². The molecule has 28 heavy (non-hydrogen) atoms. The van der Waals surface area contributed by atoms with E-state index in [2.05, 4.69) is 0 Å². The van der Waals surface area contributed by atoms with Crippen LogP contribution in [0.2, 0.25) is 0 Å². The van der Waals surface area contributed by atoms with Gasteiger partial charge in [-0.05, 0) is 44.6 Å². The molecular formula is C26H16F2. The molecule has 0 aromatic heterocycles. The van der Waals surface area contributed by atoms with Crippen molar-refractivity contribution in [2.24, 2.45) is 0 Å². The van der Waals surface area contributed by atoms with Gasteiger partial charge in [0.1, 0.15) is 11.6 Å². The van der Waals surface area contributed by atoms with Crippen LogP contribution in [0.15, 0.2) is 91.0 Å². The molecule has 0 amide bonds. The highest BCUT2D eigenvalue weighted by Gasteiger charge is 2.14. The van der Waals surface area contributed by atoms with Crippen LogP contribution in [0.5, 0.6) is 0 Å². The van der Waals surface area contributed by atoms with Gasteiger partial charge in [-0.1, -0.05) is 84.9 Å². The van der Waals surface area contributed by atoms with Gasteiger partial charge in [0, 0.05) is 10.9 Å². The summed E-state index contributed by atoms with van der Waals surface area (Å²) in [6, 6.07) is 28.7. The maximum Gasteiger partial charge on any atom is 0.131 e. The highest BCUT2D eigenvalue weighted by molar-refractivity contribution is 6.08. The number of rotatable bonds is 0. The minimum absolute atomic E-state index is 0.119. The molecular weight excluding hydrogens is 350 g/mol. The van der Waals surface area contributed by atoms with E-state index < -0.39 is 0 Å². The second kappa shape index (κ2) is 6.58. The molecule has 2 heteroatoms. The average molecular weight is 366 g/mol. The lowest BCUT2D eigenvalue weighted by molar-refractivity contribution is 0.640. The van der Waals surface area contributed by atoms with Gasteiger partial charge in [0.2, 0.25) is 0 Å². The Hall–Kier alpha value is -3.52. The molecule has 0 aliphatic heterocycles. The maximum absolute atomic E-state index is 13.5. The molecule has 1 aliphatic rings. The van der Waals surface area contributed by atoms with E-state index in [0.717, 1.165) is 38.1 Å². The molecule has 0 nitrogen and oxygen atoms in total. The Bertz CT molecular complexity index is 1370. The summed E-state index contributed by atoms with van der Waals surface area (Å²) in [6.45, 7) is 0. The Morgan fingerprint density at radius 2 is 1.21 bits per heavy atom. The van der Waals surface area contributed by atoms with Crippen LogP contribution < -0.4 is 0 Å². The Kier molecular flexibility index (Phi) is 3.91. The number of fused-ring (bicyclic) bond motifs is 3. The molecule has 0 fully saturated rings. The van der Waals surface area contributed by atoms with E-state index in [9.17, 15) is 8.78 Å². The Labute approximate surface area is 161 Å². The standard InChI is InChI=1S/C14H9F.C12H7F/c15-14-7-3-6-12-11-5-2-1-4-10(11)8-9-13(12)14;13-11-7-9-5-1-3-8-4-2-6-10(11)12(8)9/h1-9H;1-7H. The monoisotopic (exact) mass is 366 g/mol. The molecule has 5 aromatic rings. The highest BCUT2D eigenvalue weighted by Crippen LogP contribution is 2.36. The summed E-state index contributed by atoms with van der Waals surface area (Å²) < 4.78 is 26.9. The van der Waals surface area contributed by atoms with E-state index >= 15 is 0 Å². The predicted molar refractivity (Wildman–Crippen MR) is 114 cm³/mol. The van der Waals surface area contributed by atoms with Crippen molar-refractivity contribution in [3.63, 3.8) is 0 Å². The zero-order valence-electron chi connectivity index (χ0n) is 15.0. The molecule has 0 saturated heterocycles. The molecule has 0 N–H and O–H groups in total. The second-order valence-corrected chi connectivity index (χ2v) is 6.86. The fourth-order valence-electron chi connectivity index (χ4n) is 3.91.